The lowest BCUT2D eigenvalue weighted by molar-refractivity contribution is -0.119. The van der Waals surface area contributed by atoms with Crippen LogP contribution in [0, 0.1) is 0 Å². The van der Waals surface area contributed by atoms with Crippen molar-refractivity contribution in [1.82, 2.24) is 10.6 Å². The highest BCUT2D eigenvalue weighted by atomic mass is 32.2. The number of imide groups is 1. The summed E-state index contributed by atoms with van der Waals surface area (Å²) in [5, 5.41) is 4.62. The highest BCUT2D eigenvalue weighted by molar-refractivity contribution is 8.00. The van der Waals surface area contributed by atoms with Crippen LogP contribution in [0.25, 0.3) is 0 Å². The first kappa shape index (κ1) is 19.1. The number of thioether (sulfide) groups is 1. The molecule has 0 aliphatic carbocycles. The predicted molar refractivity (Wildman–Crippen MR) is 104 cm³/mol. The van der Waals surface area contributed by atoms with Gasteiger partial charge in [0.25, 0.3) is 0 Å². The average Bonchev–Trinajstić information content (AvgIpc) is 2.92. The number of amides is 3. The van der Waals surface area contributed by atoms with Crippen LogP contribution in [0.5, 0.6) is 11.5 Å². The van der Waals surface area contributed by atoms with E-state index in [4.69, 9.17) is 9.47 Å². The summed E-state index contributed by atoms with van der Waals surface area (Å²) in [6.45, 7) is 3.37. The van der Waals surface area contributed by atoms with Crippen molar-refractivity contribution in [2.75, 3.05) is 13.2 Å². The zero-order valence-electron chi connectivity index (χ0n) is 15.1. The van der Waals surface area contributed by atoms with E-state index in [9.17, 15) is 9.59 Å². The Morgan fingerprint density at radius 1 is 1.07 bits per heavy atom. The first-order valence-electron chi connectivity index (χ1n) is 8.81. The summed E-state index contributed by atoms with van der Waals surface area (Å²) >= 11 is 1.36. The SMILES string of the molecule is C[C@H](Sc1ccc2c(c1)OCCCO2)C(=O)NC(=O)NCc1ccccc1. The molecule has 0 aromatic heterocycles. The molecule has 1 aliphatic heterocycles. The van der Waals surface area contributed by atoms with Crippen LogP contribution in [-0.4, -0.2) is 30.4 Å². The molecule has 0 spiro atoms. The van der Waals surface area contributed by atoms with Crippen LogP contribution in [0.15, 0.2) is 53.4 Å². The minimum absolute atomic E-state index is 0.349. The second-order valence-electron chi connectivity index (χ2n) is 6.08. The molecule has 0 unspecified atom stereocenters. The van der Waals surface area contributed by atoms with E-state index in [0.717, 1.165) is 16.9 Å². The van der Waals surface area contributed by atoms with Gasteiger partial charge in [-0.2, -0.15) is 0 Å². The number of rotatable bonds is 5. The topological polar surface area (TPSA) is 76.7 Å². The first-order chi connectivity index (χ1) is 13.1. The van der Waals surface area contributed by atoms with Crippen LogP contribution in [0.3, 0.4) is 0 Å². The second kappa shape index (κ2) is 9.32. The Hall–Kier alpha value is -2.67. The Bertz CT molecular complexity index is 798. The van der Waals surface area contributed by atoms with E-state index in [0.29, 0.717) is 31.3 Å². The van der Waals surface area contributed by atoms with Crippen LogP contribution in [0.1, 0.15) is 18.9 Å². The fourth-order valence-electron chi connectivity index (χ4n) is 2.51. The summed E-state index contributed by atoms with van der Waals surface area (Å²) in [5.74, 6) is 1.05. The third kappa shape index (κ3) is 5.65. The van der Waals surface area contributed by atoms with Gasteiger partial charge in [-0.05, 0) is 30.7 Å². The molecule has 2 aromatic carbocycles. The largest absolute Gasteiger partial charge is 0.490 e. The van der Waals surface area contributed by atoms with Gasteiger partial charge in [0.15, 0.2) is 11.5 Å². The van der Waals surface area contributed by atoms with Crippen molar-refractivity contribution in [2.45, 2.75) is 30.0 Å². The molecule has 6 nitrogen and oxygen atoms in total. The molecular weight excluding hydrogens is 364 g/mol. The van der Waals surface area contributed by atoms with Crippen LogP contribution < -0.4 is 20.1 Å². The number of hydrogen-bond donors (Lipinski definition) is 2. The van der Waals surface area contributed by atoms with Crippen LogP contribution in [0.4, 0.5) is 4.79 Å². The second-order valence-corrected chi connectivity index (χ2v) is 7.49. The van der Waals surface area contributed by atoms with Crippen molar-refractivity contribution < 1.29 is 19.1 Å². The Balaban J connectivity index is 1.50. The Labute approximate surface area is 162 Å². The van der Waals surface area contributed by atoms with Crippen molar-refractivity contribution in [2.24, 2.45) is 0 Å². The van der Waals surface area contributed by atoms with Crippen molar-refractivity contribution in [3.8, 4) is 11.5 Å². The zero-order valence-corrected chi connectivity index (χ0v) is 15.9. The van der Waals surface area contributed by atoms with Crippen molar-refractivity contribution in [3.63, 3.8) is 0 Å². The number of nitrogens with one attached hydrogen (secondary N) is 2. The summed E-state index contributed by atoms with van der Waals surface area (Å²) in [4.78, 5) is 25.1. The van der Waals surface area contributed by atoms with Crippen molar-refractivity contribution in [1.29, 1.82) is 0 Å². The van der Waals surface area contributed by atoms with Gasteiger partial charge in [0.1, 0.15) is 0 Å². The number of ether oxygens (including phenoxy) is 2. The molecule has 0 saturated carbocycles. The lowest BCUT2D eigenvalue weighted by atomic mass is 10.2. The minimum Gasteiger partial charge on any atom is -0.490 e. The normalized spacial score (nSPS) is 14.0. The average molecular weight is 386 g/mol. The monoisotopic (exact) mass is 386 g/mol. The van der Waals surface area contributed by atoms with Crippen LogP contribution in [0.2, 0.25) is 0 Å². The molecular formula is C20H22N2O4S. The summed E-state index contributed by atoms with van der Waals surface area (Å²) in [5.41, 5.74) is 0.967. The van der Waals surface area contributed by atoms with E-state index in [2.05, 4.69) is 10.6 Å². The molecule has 1 heterocycles. The molecule has 2 aromatic rings. The molecule has 1 aliphatic rings. The van der Waals surface area contributed by atoms with E-state index in [1.165, 1.54) is 11.8 Å². The number of carbonyl (C=O) groups excluding carboxylic acids is 2. The summed E-state index contributed by atoms with van der Waals surface area (Å²) in [7, 11) is 0. The molecule has 2 N–H and O–H groups in total. The quantitative estimate of drug-likeness (QED) is 0.771. The van der Waals surface area contributed by atoms with E-state index in [1.54, 1.807) is 6.92 Å². The molecule has 142 valence electrons. The fraction of sp³-hybridized carbons (Fsp3) is 0.300. The fourth-order valence-corrected chi connectivity index (χ4v) is 3.41. The molecule has 0 radical (unpaired) electrons. The van der Waals surface area contributed by atoms with Gasteiger partial charge in [0, 0.05) is 17.9 Å². The van der Waals surface area contributed by atoms with Gasteiger partial charge in [-0.3, -0.25) is 10.1 Å². The first-order valence-corrected chi connectivity index (χ1v) is 9.69. The number of benzene rings is 2. The van der Waals surface area contributed by atoms with Crippen LogP contribution >= 0.6 is 11.8 Å². The molecule has 1 atom stereocenters. The number of urea groups is 1. The number of fused-ring (bicyclic) bond motifs is 1. The third-order valence-electron chi connectivity index (χ3n) is 3.93. The van der Waals surface area contributed by atoms with Gasteiger partial charge in [-0.1, -0.05) is 30.3 Å². The molecule has 0 saturated heterocycles. The molecule has 7 heteroatoms. The molecule has 27 heavy (non-hydrogen) atoms. The smallest absolute Gasteiger partial charge is 0.321 e. The standard InChI is InChI=1S/C20H22N2O4S/c1-14(19(23)22-20(24)21-13-15-6-3-2-4-7-15)27-16-8-9-17-18(12-16)26-11-5-10-25-17/h2-4,6-9,12,14H,5,10-11,13H2,1H3,(H2,21,22,23,24)/t14-/m0/s1. The number of carbonyl (C=O) groups is 2. The van der Waals surface area contributed by atoms with Gasteiger partial charge in [-0.25, -0.2) is 4.79 Å². The van der Waals surface area contributed by atoms with Crippen LogP contribution in [-0.2, 0) is 11.3 Å². The van der Waals surface area contributed by atoms with E-state index in [-0.39, 0.29) is 5.91 Å². The van der Waals surface area contributed by atoms with Gasteiger partial charge in [0.05, 0.1) is 18.5 Å². The lowest BCUT2D eigenvalue weighted by Gasteiger charge is -2.13. The van der Waals surface area contributed by atoms with Gasteiger partial charge < -0.3 is 14.8 Å². The maximum absolute atomic E-state index is 12.3. The Morgan fingerprint density at radius 3 is 2.59 bits per heavy atom. The maximum Gasteiger partial charge on any atom is 0.321 e. The predicted octanol–water partition coefficient (Wildman–Crippen LogP) is 3.35. The zero-order chi connectivity index (χ0) is 19.1. The molecule has 0 fully saturated rings. The molecule has 3 rings (SSSR count). The minimum atomic E-state index is -0.505. The Kier molecular flexibility index (Phi) is 6.59. The van der Waals surface area contributed by atoms with E-state index >= 15 is 0 Å². The van der Waals surface area contributed by atoms with Crippen molar-refractivity contribution in [3.05, 3.63) is 54.1 Å². The maximum atomic E-state index is 12.3. The molecule has 0 bridgehead atoms. The van der Waals surface area contributed by atoms with Gasteiger partial charge in [0.2, 0.25) is 5.91 Å². The summed E-state index contributed by atoms with van der Waals surface area (Å²) < 4.78 is 11.3. The van der Waals surface area contributed by atoms with Gasteiger partial charge in [-0.15, -0.1) is 11.8 Å². The van der Waals surface area contributed by atoms with E-state index in [1.807, 2.05) is 48.5 Å². The summed E-state index contributed by atoms with van der Waals surface area (Å²) in [6.07, 6.45) is 0.841. The van der Waals surface area contributed by atoms with Gasteiger partial charge >= 0.3 is 6.03 Å². The van der Waals surface area contributed by atoms with E-state index < -0.39 is 11.3 Å². The Morgan fingerprint density at radius 2 is 1.81 bits per heavy atom. The highest BCUT2D eigenvalue weighted by Gasteiger charge is 2.18. The lowest BCUT2D eigenvalue weighted by Crippen LogP contribution is -2.42. The highest BCUT2D eigenvalue weighted by Crippen LogP contribution is 2.35. The third-order valence-corrected chi connectivity index (χ3v) is 5.03. The van der Waals surface area contributed by atoms with Crippen molar-refractivity contribution >= 4 is 23.7 Å². The molecule has 3 amide bonds. The summed E-state index contributed by atoms with van der Waals surface area (Å²) in [6, 6.07) is 14.6. The number of hydrogen-bond acceptors (Lipinski definition) is 5.